The monoisotopic (exact) mass is 178 g/mol. The zero-order valence-electron chi connectivity index (χ0n) is 8.42. The van der Waals surface area contributed by atoms with Crippen LogP contribution in [-0.4, -0.2) is 30.3 Å². The van der Waals surface area contributed by atoms with E-state index in [2.05, 4.69) is 20.3 Å². The van der Waals surface area contributed by atoms with Crippen LogP contribution in [0.25, 0.3) is 0 Å². The molecule has 1 N–H and O–H groups in total. The summed E-state index contributed by atoms with van der Waals surface area (Å²) in [6.45, 7) is 3.83. The van der Waals surface area contributed by atoms with Gasteiger partial charge in [0.1, 0.15) is 11.5 Å². The molecule has 0 spiro atoms. The number of hydrogen-bond acceptors (Lipinski definition) is 4. The van der Waals surface area contributed by atoms with Crippen molar-refractivity contribution in [1.29, 1.82) is 0 Å². The van der Waals surface area contributed by atoms with Gasteiger partial charge >= 0.3 is 0 Å². The topological polar surface area (TPSA) is 50.2 Å². The predicted octanol–water partition coefficient (Wildman–Crippen LogP) is 1.18. The fraction of sp³-hybridized carbons (Fsp3) is 0.444. The van der Waals surface area contributed by atoms with Gasteiger partial charge in [0.2, 0.25) is 0 Å². The Kier molecular flexibility index (Phi) is 2.95. The molecular weight excluding hydrogens is 164 g/mol. The van der Waals surface area contributed by atoms with Crippen LogP contribution in [0.3, 0.4) is 0 Å². The summed E-state index contributed by atoms with van der Waals surface area (Å²) in [4.78, 5) is 12.5. The molecule has 0 aromatic carbocycles. The Morgan fingerprint density at radius 3 is 2.54 bits per heavy atom. The van der Waals surface area contributed by atoms with Gasteiger partial charge in [-0.05, 0) is 13.8 Å². The van der Waals surface area contributed by atoms with Gasteiger partial charge in [0.15, 0.2) is 0 Å². The molecule has 0 atom stereocenters. The third-order valence-corrected chi connectivity index (χ3v) is 1.73. The number of rotatable bonds is 2. The molecule has 4 heteroatoms. The van der Waals surface area contributed by atoms with E-state index >= 15 is 0 Å². The number of aromatic nitrogens is 2. The Morgan fingerprint density at radius 1 is 1.31 bits per heavy atom. The molecule has 0 fully saturated rings. The van der Waals surface area contributed by atoms with E-state index in [4.69, 9.17) is 0 Å². The summed E-state index contributed by atoms with van der Waals surface area (Å²) in [5.41, 5.74) is 2.73. The number of nitrogens with zero attached hydrogens (tertiary/aromatic N) is 3. The smallest absolute Gasteiger partial charge is 0.126 e. The Hall–Kier alpha value is -1.45. The molecule has 1 heterocycles. The molecule has 0 unspecified atom stereocenters. The van der Waals surface area contributed by atoms with Crippen molar-refractivity contribution in [2.75, 3.05) is 19.4 Å². The zero-order valence-corrected chi connectivity index (χ0v) is 8.42. The highest BCUT2D eigenvalue weighted by Crippen LogP contribution is 2.14. The van der Waals surface area contributed by atoms with E-state index in [1.165, 1.54) is 0 Å². The van der Waals surface area contributed by atoms with Gasteiger partial charge in [-0.2, -0.15) is 0 Å². The van der Waals surface area contributed by atoms with Crippen LogP contribution in [0.2, 0.25) is 0 Å². The van der Waals surface area contributed by atoms with Gasteiger partial charge in [0, 0.05) is 20.3 Å². The van der Waals surface area contributed by atoms with Crippen LogP contribution < -0.4 is 5.32 Å². The van der Waals surface area contributed by atoms with Crippen molar-refractivity contribution in [2.24, 2.45) is 4.99 Å². The van der Waals surface area contributed by atoms with Crippen LogP contribution >= 0.6 is 0 Å². The maximum atomic E-state index is 4.27. The summed E-state index contributed by atoms with van der Waals surface area (Å²) in [6.07, 6.45) is 1.73. The second-order valence-corrected chi connectivity index (χ2v) is 2.75. The first-order valence-electron chi connectivity index (χ1n) is 4.14. The molecule has 0 aliphatic carbocycles. The fourth-order valence-electron chi connectivity index (χ4n) is 1.26. The molecule has 0 amide bonds. The predicted molar refractivity (Wildman–Crippen MR) is 54.6 cm³/mol. The minimum absolute atomic E-state index is 0.770. The van der Waals surface area contributed by atoms with Crippen molar-refractivity contribution < 1.29 is 0 Å². The first-order valence-corrected chi connectivity index (χ1v) is 4.14. The molecule has 1 rings (SSSR count). The lowest BCUT2D eigenvalue weighted by Gasteiger charge is -2.07. The van der Waals surface area contributed by atoms with Gasteiger partial charge in [-0.3, -0.25) is 4.99 Å². The molecule has 70 valence electrons. The number of hydrogen-bond donors (Lipinski definition) is 1. The highest BCUT2D eigenvalue weighted by molar-refractivity contribution is 5.85. The molecule has 13 heavy (non-hydrogen) atoms. The second-order valence-electron chi connectivity index (χ2n) is 2.75. The molecule has 0 saturated heterocycles. The molecule has 0 saturated carbocycles. The van der Waals surface area contributed by atoms with Gasteiger partial charge in [0.25, 0.3) is 0 Å². The van der Waals surface area contributed by atoms with Crippen LogP contribution in [0.5, 0.6) is 0 Å². The van der Waals surface area contributed by atoms with Crippen molar-refractivity contribution in [1.82, 2.24) is 9.97 Å². The summed E-state index contributed by atoms with van der Waals surface area (Å²) in [5, 5.41) is 3.06. The van der Waals surface area contributed by atoms with E-state index in [0.717, 1.165) is 22.9 Å². The summed E-state index contributed by atoms with van der Waals surface area (Å²) >= 11 is 0. The van der Waals surface area contributed by atoms with Gasteiger partial charge in [-0.25, -0.2) is 9.97 Å². The highest BCUT2D eigenvalue weighted by Gasteiger charge is 2.05. The van der Waals surface area contributed by atoms with Crippen molar-refractivity contribution in [3.05, 3.63) is 17.2 Å². The molecule has 1 aromatic heterocycles. The molecule has 0 aliphatic rings. The standard InChI is InChI=1S/C9H14N4/c1-6-9(11-4)8(5-10-3)13-7(2)12-6/h5,11H,1-4H3. The van der Waals surface area contributed by atoms with E-state index in [9.17, 15) is 0 Å². The Morgan fingerprint density at radius 2 is 2.00 bits per heavy atom. The minimum atomic E-state index is 0.770. The first-order chi connectivity index (χ1) is 6.19. The average molecular weight is 178 g/mol. The average Bonchev–Trinajstić information content (AvgIpc) is 2.04. The van der Waals surface area contributed by atoms with E-state index in [1.807, 2.05) is 20.9 Å². The van der Waals surface area contributed by atoms with E-state index in [0.29, 0.717) is 0 Å². The van der Waals surface area contributed by atoms with Gasteiger partial charge in [-0.1, -0.05) is 0 Å². The van der Waals surface area contributed by atoms with Crippen LogP contribution in [0.4, 0.5) is 5.69 Å². The molecule has 0 aliphatic heterocycles. The highest BCUT2D eigenvalue weighted by atomic mass is 15.0. The summed E-state index contributed by atoms with van der Waals surface area (Å²) in [6, 6.07) is 0. The number of aryl methyl sites for hydroxylation is 2. The number of nitrogens with one attached hydrogen (secondary N) is 1. The number of anilines is 1. The van der Waals surface area contributed by atoms with Crippen LogP contribution in [0, 0.1) is 13.8 Å². The third-order valence-electron chi connectivity index (χ3n) is 1.73. The first kappa shape index (κ1) is 9.64. The van der Waals surface area contributed by atoms with Gasteiger partial charge in [-0.15, -0.1) is 0 Å². The summed E-state index contributed by atoms with van der Waals surface area (Å²) < 4.78 is 0. The largest absolute Gasteiger partial charge is 0.385 e. The van der Waals surface area contributed by atoms with Crippen LogP contribution in [0.1, 0.15) is 17.2 Å². The molecule has 4 nitrogen and oxygen atoms in total. The van der Waals surface area contributed by atoms with Crippen molar-refractivity contribution >= 4 is 11.9 Å². The maximum Gasteiger partial charge on any atom is 0.126 e. The van der Waals surface area contributed by atoms with Gasteiger partial charge in [0.05, 0.1) is 11.4 Å². The SMILES string of the molecule is CN=Cc1nc(C)nc(C)c1NC. The Balaban J connectivity index is 3.29. The fourth-order valence-corrected chi connectivity index (χ4v) is 1.26. The zero-order chi connectivity index (χ0) is 9.84. The Labute approximate surface area is 78.1 Å². The number of aliphatic imine (C=N–C) groups is 1. The molecular formula is C9H14N4. The third kappa shape index (κ3) is 2.02. The molecule has 0 bridgehead atoms. The lowest BCUT2D eigenvalue weighted by molar-refractivity contribution is 1.00. The van der Waals surface area contributed by atoms with Crippen molar-refractivity contribution in [2.45, 2.75) is 13.8 Å². The second kappa shape index (κ2) is 3.98. The van der Waals surface area contributed by atoms with E-state index in [-0.39, 0.29) is 0 Å². The van der Waals surface area contributed by atoms with Crippen molar-refractivity contribution in [3.8, 4) is 0 Å². The maximum absolute atomic E-state index is 4.27. The van der Waals surface area contributed by atoms with Crippen molar-refractivity contribution in [3.63, 3.8) is 0 Å². The molecule has 0 radical (unpaired) electrons. The van der Waals surface area contributed by atoms with E-state index in [1.54, 1.807) is 13.3 Å². The van der Waals surface area contributed by atoms with Crippen LogP contribution in [-0.2, 0) is 0 Å². The lowest BCUT2D eigenvalue weighted by Crippen LogP contribution is -2.05. The van der Waals surface area contributed by atoms with Crippen LogP contribution in [0.15, 0.2) is 4.99 Å². The lowest BCUT2D eigenvalue weighted by atomic mass is 10.2. The molecule has 1 aromatic rings. The summed E-state index contributed by atoms with van der Waals surface area (Å²) in [7, 11) is 3.58. The Bertz CT molecular complexity index is 331. The van der Waals surface area contributed by atoms with Gasteiger partial charge < -0.3 is 5.32 Å². The minimum Gasteiger partial charge on any atom is -0.385 e. The quantitative estimate of drug-likeness (QED) is 0.692. The van der Waals surface area contributed by atoms with E-state index < -0.39 is 0 Å². The normalized spacial score (nSPS) is 10.8. The summed E-state index contributed by atoms with van der Waals surface area (Å²) in [5.74, 6) is 0.770.